The van der Waals surface area contributed by atoms with Gasteiger partial charge in [0.05, 0.1) is 19.1 Å². The monoisotopic (exact) mass is 216 g/mol. The van der Waals surface area contributed by atoms with E-state index in [9.17, 15) is 5.26 Å². The quantitative estimate of drug-likeness (QED) is 0.839. The lowest BCUT2D eigenvalue weighted by Gasteiger charge is -2.16. The normalized spacial score (nSPS) is 21.4. The highest BCUT2D eigenvalue weighted by atomic mass is 16.5. The molecule has 0 aliphatic carbocycles. The molecule has 0 aromatic heterocycles. The van der Waals surface area contributed by atoms with E-state index in [1.807, 2.05) is 24.3 Å². The van der Waals surface area contributed by atoms with Crippen molar-refractivity contribution in [2.75, 3.05) is 20.2 Å². The third-order valence-corrected chi connectivity index (χ3v) is 3.16. The lowest BCUT2D eigenvalue weighted by Crippen LogP contribution is -2.15. The van der Waals surface area contributed by atoms with Gasteiger partial charge in [0.25, 0.3) is 0 Å². The van der Waals surface area contributed by atoms with Crippen molar-refractivity contribution >= 4 is 0 Å². The maximum Gasteiger partial charge on any atom is 0.119 e. The van der Waals surface area contributed by atoms with Gasteiger partial charge >= 0.3 is 0 Å². The lowest BCUT2D eigenvalue weighted by molar-refractivity contribution is 0.413. The average Bonchev–Trinajstić information content (AvgIpc) is 2.84. The van der Waals surface area contributed by atoms with Gasteiger partial charge < -0.3 is 10.1 Å². The number of nitriles is 1. The van der Waals surface area contributed by atoms with E-state index in [1.54, 1.807) is 7.11 Å². The van der Waals surface area contributed by atoms with Crippen molar-refractivity contribution in [3.8, 4) is 11.8 Å². The SMILES string of the molecule is COc1cccc(C(C#N)C2CCNC2)c1. The Labute approximate surface area is 96.0 Å². The van der Waals surface area contributed by atoms with Gasteiger partial charge in [0.2, 0.25) is 0 Å². The van der Waals surface area contributed by atoms with E-state index in [0.717, 1.165) is 30.8 Å². The molecule has 1 saturated heterocycles. The molecule has 1 fully saturated rings. The Morgan fingerprint density at radius 1 is 1.56 bits per heavy atom. The summed E-state index contributed by atoms with van der Waals surface area (Å²) in [6, 6.07) is 10.2. The first-order valence-electron chi connectivity index (χ1n) is 5.59. The van der Waals surface area contributed by atoms with E-state index in [4.69, 9.17) is 4.74 Å². The number of rotatable bonds is 3. The maximum atomic E-state index is 9.28. The molecule has 2 unspecified atom stereocenters. The Morgan fingerprint density at radius 3 is 3.06 bits per heavy atom. The molecule has 1 aromatic carbocycles. The molecule has 3 nitrogen and oxygen atoms in total. The fourth-order valence-corrected chi connectivity index (χ4v) is 2.25. The first-order valence-corrected chi connectivity index (χ1v) is 5.59. The first-order chi connectivity index (χ1) is 7.85. The minimum atomic E-state index is -0.0231. The number of benzene rings is 1. The van der Waals surface area contributed by atoms with E-state index < -0.39 is 0 Å². The molecule has 0 saturated carbocycles. The number of methoxy groups -OCH3 is 1. The zero-order valence-electron chi connectivity index (χ0n) is 9.44. The van der Waals surface area contributed by atoms with Crippen LogP contribution in [-0.2, 0) is 0 Å². The number of ether oxygens (including phenoxy) is 1. The second-order valence-electron chi connectivity index (χ2n) is 4.14. The Morgan fingerprint density at radius 2 is 2.44 bits per heavy atom. The molecule has 2 rings (SSSR count). The molecule has 1 aromatic rings. The number of nitrogens with zero attached hydrogens (tertiary/aromatic N) is 1. The highest BCUT2D eigenvalue weighted by Crippen LogP contribution is 2.30. The second-order valence-corrected chi connectivity index (χ2v) is 4.14. The van der Waals surface area contributed by atoms with Crippen molar-refractivity contribution in [2.24, 2.45) is 5.92 Å². The lowest BCUT2D eigenvalue weighted by atomic mass is 9.86. The predicted octanol–water partition coefficient (Wildman–Crippen LogP) is 1.91. The van der Waals surface area contributed by atoms with Crippen LogP contribution in [0.2, 0.25) is 0 Å². The van der Waals surface area contributed by atoms with Crippen LogP contribution in [0.3, 0.4) is 0 Å². The van der Waals surface area contributed by atoms with Crippen LogP contribution in [0.4, 0.5) is 0 Å². The molecule has 16 heavy (non-hydrogen) atoms. The van der Waals surface area contributed by atoms with Crippen LogP contribution in [0, 0.1) is 17.2 Å². The standard InChI is InChI=1S/C13H16N2O/c1-16-12-4-2-3-10(7-12)13(8-14)11-5-6-15-9-11/h2-4,7,11,13,15H,5-6,9H2,1H3. The molecule has 0 amide bonds. The summed E-state index contributed by atoms with van der Waals surface area (Å²) in [7, 11) is 1.65. The van der Waals surface area contributed by atoms with Crippen LogP contribution in [0.1, 0.15) is 17.9 Å². The molecular weight excluding hydrogens is 200 g/mol. The zero-order valence-corrected chi connectivity index (χ0v) is 9.44. The van der Waals surface area contributed by atoms with Crippen LogP contribution < -0.4 is 10.1 Å². The van der Waals surface area contributed by atoms with Crippen molar-refractivity contribution in [3.63, 3.8) is 0 Å². The number of nitrogens with one attached hydrogen (secondary N) is 1. The zero-order chi connectivity index (χ0) is 11.4. The maximum absolute atomic E-state index is 9.28. The summed E-state index contributed by atoms with van der Waals surface area (Å²) < 4.78 is 5.19. The van der Waals surface area contributed by atoms with Gasteiger partial charge in [0.15, 0.2) is 0 Å². The van der Waals surface area contributed by atoms with Gasteiger partial charge in [0.1, 0.15) is 5.75 Å². The summed E-state index contributed by atoms with van der Waals surface area (Å²) in [5.41, 5.74) is 1.07. The second kappa shape index (κ2) is 5.00. The molecule has 84 valence electrons. The summed E-state index contributed by atoms with van der Waals surface area (Å²) in [5.74, 6) is 1.23. The van der Waals surface area contributed by atoms with Crippen LogP contribution in [0.5, 0.6) is 5.75 Å². The van der Waals surface area contributed by atoms with Crippen molar-refractivity contribution < 1.29 is 4.74 Å². The van der Waals surface area contributed by atoms with Crippen LogP contribution in [0.15, 0.2) is 24.3 Å². The summed E-state index contributed by atoms with van der Waals surface area (Å²) in [6.07, 6.45) is 1.08. The van der Waals surface area contributed by atoms with Crippen LogP contribution >= 0.6 is 0 Å². The summed E-state index contributed by atoms with van der Waals surface area (Å²) >= 11 is 0. The van der Waals surface area contributed by atoms with Crippen molar-refractivity contribution in [1.29, 1.82) is 5.26 Å². The van der Waals surface area contributed by atoms with Crippen molar-refractivity contribution in [2.45, 2.75) is 12.3 Å². The van der Waals surface area contributed by atoms with Gasteiger partial charge in [-0.05, 0) is 43.1 Å². The number of hydrogen-bond donors (Lipinski definition) is 1. The third-order valence-electron chi connectivity index (χ3n) is 3.16. The van der Waals surface area contributed by atoms with Crippen molar-refractivity contribution in [3.05, 3.63) is 29.8 Å². The minimum absolute atomic E-state index is 0.0231. The van der Waals surface area contributed by atoms with Gasteiger partial charge in [-0.15, -0.1) is 0 Å². The largest absolute Gasteiger partial charge is 0.497 e. The Hall–Kier alpha value is -1.53. The highest BCUT2D eigenvalue weighted by Gasteiger charge is 2.26. The topological polar surface area (TPSA) is 45.0 Å². The van der Waals surface area contributed by atoms with E-state index in [2.05, 4.69) is 11.4 Å². The number of hydrogen-bond acceptors (Lipinski definition) is 3. The third kappa shape index (κ3) is 2.17. The summed E-state index contributed by atoms with van der Waals surface area (Å²) in [5, 5.41) is 12.6. The van der Waals surface area contributed by atoms with E-state index >= 15 is 0 Å². The molecule has 0 spiro atoms. The molecule has 1 N–H and O–H groups in total. The van der Waals surface area contributed by atoms with Gasteiger partial charge in [-0.25, -0.2) is 0 Å². The molecular formula is C13H16N2O. The van der Waals surface area contributed by atoms with Crippen molar-refractivity contribution in [1.82, 2.24) is 5.32 Å². The molecule has 3 heteroatoms. The molecule has 1 heterocycles. The van der Waals surface area contributed by atoms with E-state index in [1.165, 1.54) is 0 Å². The molecule has 1 aliphatic heterocycles. The Kier molecular flexibility index (Phi) is 3.43. The average molecular weight is 216 g/mol. The van der Waals surface area contributed by atoms with E-state index in [0.29, 0.717) is 5.92 Å². The Bertz CT molecular complexity index is 391. The van der Waals surface area contributed by atoms with E-state index in [-0.39, 0.29) is 5.92 Å². The molecule has 0 radical (unpaired) electrons. The fourth-order valence-electron chi connectivity index (χ4n) is 2.25. The van der Waals surface area contributed by atoms with Gasteiger partial charge in [0, 0.05) is 0 Å². The predicted molar refractivity (Wildman–Crippen MR) is 62.3 cm³/mol. The summed E-state index contributed by atoms with van der Waals surface area (Å²) in [6.45, 7) is 1.96. The molecule has 2 atom stereocenters. The smallest absolute Gasteiger partial charge is 0.119 e. The van der Waals surface area contributed by atoms with Gasteiger partial charge in [-0.2, -0.15) is 5.26 Å². The summed E-state index contributed by atoms with van der Waals surface area (Å²) in [4.78, 5) is 0. The highest BCUT2D eigenvalue weighted by molar-refractivity contribution is 5.34. The minimum Gasteiger partial charge on any atom is -0.497 e. The first kappa shape index (κ1) is 11.0. The molecule has 0 bridgehead atoms. The van der Waals surface area contributed by atoms with Gasteiger partial charge in [-0.3, -0.25) is 0 Å². The van der Waals surface area contributed by atoms with Crippen LogP contribution in [-0.4, -0.2) is 20.2 Å². The molecule has 1 aliphatic rings. The van der Waals surface area contributed by atoms with Crippen LogP contribution in [0.25, 0.3) is 0 Å². The Balaban J connectivity index is 2.22. The fraction of sp³-hybridized carbons (Fsp3) is 0.462. The van der Waals surface area contributed by atoms with Gasteiger partial charge in [-0.1, -0.05) is 12.1 Å².